The topological polar surface area (TPSA) is 88.7 Å². The van der Waals surface area contributed by atoms with Gasteiger partial charge in [0.1, 0.15) is 11.6 Å². The first-order valence-electron chi connectivity index (χ1n) is 13.1. The van der Waals surface area contributed by atoms with Crippen LogP contribution in [0.25, 0.3) is 5.70 Å². The van der Waals surface area contributed by atoms with E-state index in [1.54, 1.807) is 17.0 Å². The molecule has 5 rings (SSSR count). The fourth-order valence-corrected chi connectivity index (χ4v) is 5.09. The van der Waals surface area contributed by atoms with E-state index in [-0.39, 0.29) is 36.3 Å². The summed E-state index contributed by atoms with van der Waals surface area (Å²) < 4.78 is 41.2. The number of benzene rings is 1. The Balaban J connectivity index is 1.20. The molecular formula is C28H28F3N7O2. The predicted molar refractivity (Wildman–Crippen MR) is 141 cm³/mol. The van der Waals surface area contributed by atoms with Crippen LogP contribution < -0.4 is 4.90 Å². The summed E-state index contributed by atoms with van der Waals surface area (Å²) in [6, 6.07) is 6.95. The summed E-state index contributed by atoms with van der Waals surface area (Å²) >= 11 is 0. The van der Waals surface area contributed by atoms with Crippen LogP contribution in [0.1, 0.15) is 29.5 Å². The van der Waals surface area contributed by atoms with Gasteiger partial charge in [0.2, 0.25) is 11.8 Å². The summed E-state index contributed by atoms with van der Waals surface area (Å²) in [4.78, 5) is 32.5. The molecule has 2 aromatic rings. The van der Waals surface area contributed by atoms with Gasteiger partial charge in [-0.3, -0.25) is 24.3 Å². The van der Waals surface area contributed by atoms with Gasteiger partial charge in [0.05, 0.1) is 37.1 Å². The van der Waals surface area contributed by atoms with Crippen LogP contribution in [0.5, 0.6) is 0 Å². The van der Waals surface area contributed by atoms with Gasteiger partial charge >= 0.3 is 6.18 Å². The summed E-state index contributed by atoms with van der Waals surface area (Å²) in [6.45, 7) is 4.91. The molecular weight excluding hydrogens is 523 g/mol. The number of anilines is 1. The molecule has 0 aliphatic carbocycles. The number of hydrogen-bond acceptors (Lipinski definition) is 6. The van der Waals surface area contributed by atoms with Gasteiger partial charge in [0.25, 0.3) is 0 Å². The number of carbonyl (C=O) groups is 2. The number of nitriles is 1. The highest BCUT2D eigenvalue weighted by atomic mass is 19.4. The van der Waals surface area contributed by atoms with E-state index in [0.29, 0.717) is 43.9 Å². The van der Waals surface area contributed by atoms with Gasteiger partial charge in [-0.05, 0) is 24.6 Å². The van der Waals surface area contributed by atoms with Gasteiger partial charge in [-0.25, -0.2) is 4.68 Å². The van der Waals surface area contributed by atoms with Crippen LogP contribution in [0, 0.1) is 23.2 Å². The highest BCUT2D eigenvalue weighted by molar-refractivity contribution is 5.97. The number of alkyl halides is 3. The standard InChI is InChI=1S/C28H28F3N7O2/c29-28(30,31)23-6-3-5-21(17-23)24-8-12-37(27-22(18-32)19-33-38(24)27)26(40)20-35-15-13-34(14-16-35)9-1-2-10-36-11-4-7-25(36)39/h3,5-6,8,17,19H,4,7,9-16,20H2. The molecule has 1 aromatic heterocycles. The number of amides is 2. The highest BCUT2D eigenvalue weighted by Crippen LogP contribution is 2.34. The molecule has 2 fully saturated rings. The number of aromatic nitrogens is 2. The van der Waals surface area contributed by atoms with Crippen LogP contribution in [-0.4, -0.2) is 95.2 Å². The minimum atomic E-state index is -4.50. The largest absolute Gasteiger partial charge is 0.416 e. The molecule has 0 N–H and O–H groups in total. The number of piperazine rings is 1. The van der Waals surface area contributed by atoms with Crippen LogP contribution in [-0.2, 0) is 15.8 Å². The molecule has 2 amide bonds. The second-order valence-electron chi connectivity index (χ2n) is 9.90. The number of nitrogens with zero attached hydrogens (tertiary/aromatic N) is 7. The molecule has 1 aromatic carbocycles. The third-order valence-electron chi connectivity index (χ3n) is 7.29. The van der Waals surface area contributed by atoms with Crippen molar-refractivity contribution in [3.05, 3.63) is 53.2 Å². The zero-order chi connectivity index (χ0) is 28.3. The summed E-state index contributed by atoms with van der Waals surface area (Å²) in [5.41, 5.74) is 0.0628. The maximum atomic E-state index is 13.4. The molecule has 2 saturated heterocycles. The number of likely N-dealkylation sites (tertiary alicyclic amines) is 1. The Labute approximate surface area is 230 Å². The van der Waals surface area contributed by atoms with E-state index in [1.807, 2.05) is 11.0 Å². The van der Waals surface area contributed by atoms with Crippen LogP contribution >= 0.6 is 0 Å². The average molecular weight is 552 g/mol. The highest BCUT2D eigenvalue weighted by Gasteiger charge is 2.33. The lowest BCUT2D eigenvalue weighted by Crippen LogP contribution is -2.50. The Morgan fingerprint density at radius 2 is 1.80 bits per heavy atom. The molecule has 12 heteroatoms. The average Bonchev–Trinajstić information content (AvgIpc) is 3.57. The molecule has 3 aliphatic heterocycles. The van der Waals surface area contributed by atoms with Gasteiger partial charge in [-0.1, -0.05) is 24.0 Å². The van der Waals surface area contributed by atoms with Crippen molar-refractivity contribution in [1.29, 1.82) is 5.26 Å². The van der Waals surface area contributed by atoms with Crippen LogP contribution in [0.15, 0.2) is 36.5 Å². The number of halogens is 3. The Hall–Kier alpha value is -4.13. The van der Waals surface area contributed by atoms with E-state index >= 15 is 0 Å². The van der Waals surface area contributed by atoms with Gasteiger partial charge in [0, 0.05) is 51.3 Å². The fourth-order valence-electron chi connectivity index (χ4n) is 5.09. The Morgan fingerprint density at radius 3 is 2.50 bits per heavy atom. The van der Waals surface area contributed by atoms with Crippen molar-refractivity contribution in [3.63, 3.8) is 0 Å². The Bertz CT molecular complexity index is 1420. The smallest absolute Gasteiger partial charge is 0.332 e. The summed E-state index contributed by atoms with van der Waals surface area (Å²) in [6.07, 6.45) is -0.0232. The third-order valence-corrected chi connectivity index (χ3v) is 7.29. The fraction of sp³-hybridized carbons (Fsp3) is 0.429. The van der Waals surface area contributed by atoms with Crippen molar-refractivity contribution in [2.45, 2.75) is 19.0 Å². The van der Waals surface area contributed by atoms with E-state index in [0.717, 1.165) is 38.2 Å². The Kier molecular flexibility index (Phi) is 7.92. The van der Waals surface area contributed by atoms with Crippen molar-refractivity contribution < 1.29 is 22.8 Å². The van der Waals surface area contributed by atoms with Crippen LogP contribution in [0.4, 0.5) is 19.0 Å². The van der Waals surface area contributed by atoms with Crippen molar-refractivity contribution in [2.24, 2.45) is 0 Å². The molecule has 3 aliphatic rings. The first-order chi connectivity index (χ1) is 19.2. The van der Waals surface area contributed by atoms with Gasteiger partial charge in [-0.15, -0.1) is 0 Å². The zero-order valence-electron chi connectivity index (χ0n) is 21.8. The second kappa shape index (κ2) is 11.5. The van der Waals surface area contributed by atoms with E-state index in [4.69, 9.17) is 0 Å². The summed E-state index contributed by atoms with van der Waals surface area (Å²) in [5.74, 6) is 6.41. The van der Waals surface area contributed by atoms with Crippen molar-refractivity contribution in [2.75, 3.05) is 63.8 Å². The summed E-state index contributed by atoms with van der Waals surface area (Å²) in [5, 5.41) is 13.9. The van der Waals surface area contributed by atoms with E-state index < -0.39 is 11.7 Å². The maximum absolute atomic E-state index is 13.4. The molecule has 208 valence electrons. The number of hydrogen-bond donors (Lipinski definition) is 0. The molecule has 0 saturated carbocycles. The lowest BCUT2D eigenvalue weighted by atomic mass is 10.1. The number of rotatable bonds is 5. The third kappa shape index (κ3) is 5.88. The first-order valence-corrected chi connectivity index (χ1v) is 13.1. The maximum Gasteiger partial charge on any atom is 0.416 e. The molecule has 9 nitrogen and oxygen atoms in total. The van der Waals surface area contributed by atoms with Gasteiger partial charge in [-0.2, -0.15) is 23.5 Å². The molecule has 0 bridgehead atoms. The van der Waals surface area contributed by atoms with Gasteiger partial charge in [0.15, 0.2) is 5.82 Å². The number of carbonyl (C=O) groups excluding carboxylic acids is 2. The Morgan fingerprint density at radius 1 is 1.05 bits per heavy atom. The van der Waals surface area contributed by atoms with Crippen molar-refractivity contribution in [1.82, 2.24) is 24.5 Å². The van der Waals surface area contributed by atoms with E-state index in [1.165, 1.54) is 21.8 Å². The van der Waals surface area contributed by atoms with E-state index in [9.17, 15) is 28.0 Å². The van der Waals surface area contributed by atoms with Crippen molar-refractivity contribution >= 4 is 23.3 Å². The number of fused-ring (bicyclic) bond motifs is 1. The molecule has 0 unspecified atom stereocenters. The zero-order valence-corrected chi connectivity index (χ0v) is 21.8. The van der Waals surface area contributed by atoms with Crippen LogP contribution in [0.2, 0.25) is 0 Å². The minimum Gasteiger partial charge on any atom is -0.332 e. The van der Waals surface area contributed by atoms with Gasteiger partial charge < -0.3 is 4.90 Å². The molecule has 0 spiro atoms. The predicted octanol–water partition coefficient (Wildman–Crippen LogP) is 2.25. The lowest BCUT2D eigenvalue weighted by molar-refractivity contribution is -0.137. The molecule has 0 radical (unpaired) electrons. The second-order valence-corrected chi connectivity index (χ2v) is 9.90. The molecule has 40 heavy (non-hydrogen) atoms. The van der Waals surface area contributed by atoms with Crippen LogP contribution in [0.3, 0.4) is 0 Å². The van der Waals surface area contributed by atoms with Crippen molar-refractivity contribution in [3.8, 4) is 17.9 Å². The minimum absolute atomic E-state index is 0.111. The molecule has 4 heterocycles. The van der Waals surface area contributed by atoms with E-state index in [2.05, 4.69) is 21.8 Å². The summed E-state index contributed by atoms with van der Waals surface area (Å²) in [7, 11) is 0. The molecule has 0 atom stereocenters. The SMILES string of the molecule is N#Cc1cnn2c1N(C(=O)CN1CCN(CC#CCN3CCCC3=O)CC1)CC=C2c1cccc(C(F)(F)F)c1. The quantitative estimate of drug-likeness (QED) is 0.530. The first kappa shape index (κ1) is 27.4. The monoisotopic (exact) mass is 551 g/mol. The normalized spacial score (nSPS) is 18.1. The lowest BCUT2D eigenvalue weighted by Gasteiger charge is -2.35.